The van der Waals surface area contributed by atoms with Crippen LogP contribution in [0.1, 0.15) is 30.4 Å². The molecule has 2 aliphatic rings. The summed E-state index contributed by atoms with van der Waals surface area (Å²) in [6.07, 6.45) is 4.55. The number of carbonyl (C=O) groups excluding carboxylic acids is 1. The number of sulfone groups is 1. The van der Waals surface area contributed by atoms with Gasteiger partial charge in [-0.1, -0.05) is 42.5 Å². The lowest BCUT2D eigenvalue weighted by atomic mass is 9.97. The van der Waals surface area contributed by atoms with Crippen LogP contribution in [0.15, 0.2) is 76.3 Å². The number of ether oxygens (including phenoxy) is 1. The van der Waals surface area contributed by atoms with Crippen LogP contribution in [0.2, 0.25) is 0 Å². The van der Waals surface area contributed by atoms with E-state index in [-0.39, 0.29) is 10.7 Å². The van der Waals surface area contributed by atoms with Crippen LogP contribution in [0.4, 0.5) is 0 Å². The third kappa shape index (κ3) is 3.42. The normalized spacial score (nSPS) is 24.0. The Labute approximate surface area is 171 Å². The fourth-order valence-corrected chi connectivity index (χ4v) is 6.00. The fourth-order valence-electron chi connectivity index (χ4n) is 4.02. The molecule has 1 aliphatic heterocycles. The lowest BCUT2D eigenvalue weighted by molar-refractivity contribution is -0.121. The van der Waals surface area contributed by atoms with Gasteiger partial charge < -0.3 is 4.74 Å². The number of allylic oxidation sites excluding steroid dienone is 1. The zero-order valence-electron chi connectivity index (χ0n) is 16.2. The van der Waals surface area contributed by atoms with Gasteiger partial charge in [0.15, 0.2) is 4.87 Å². The molecule has 6 heteroatoms. The summed E-state index contributed by atoms with van der Waals surface area (Å²) < 4.78 is 33.1. The van der Waals surface area contributed by atoms with Gasteiger partial charge in [-0.05, 0) is 43.0 Å². The minimum atomic E-state index is -3.92. The van der Waals surface area contributed by atoms with Crippen LogP contribution in [0.5, 0.6) is 0 Å². The van der Waals surface area contributed by atoms with E-state index in [2.05, 4.69) is 4.99 Å². The van der Waals surface area contributed by atoms with Crippen LogP contribution in [0, 0.1) is 12.8 Å². The lowest BCUT2D eigenvalue weighted by Crippen LogP contribution is -2.43. The first kappa shape index (κ1) is 19.6. The van der Waals surface area contributed by atoms with Crippen molar-refractivity contribution in [2.75, 3.05) is 0 Å². The zero-order valence-corrected chi connectivity index (χ0v) is 17.1. The molecule has 0 aromatic heterocycles. The van der Waals surface area contributed by atoms with Crippen molar-refractivity contribution in [3.8, 4) is 0 Å². The second kappa shape index (κ2) is 7.59. The average molecular weight is 410 g/mol. The predicted octanol–water partition coefficient (Wildman–Crippen LogP) is 4.02. The maximum Gasteiger partial charge on any atom is 0.208 e. The Balaban J connectivity index is 1.70. The van der Waals surface area contributed by atoms with Gasteiger partial charge in [0.05, 0.1) is 17.0 Å². The topological polar surface area (TPSA) is 72.8 Å². The van der Waals surface area contributed by atoms with Gasteiger partial charge in [0.2, 0.25) is 9.84 Å². The van der Waals surface area contributed by atoms with E-state index >= 15 is 0 Å². The van der Waals surface area contributed by atoms with Crippen molar-refractivity contribution in [1.82, 2.24) is 0 Å². The summed E-state index contributed by atoms with van der Waals surface area (Å²) in [6, 6.07) is 16.1. The molecule has 2 aromatic rings. The van der Waals surface area contributed by atoms with Crippen molar-refractivity contribution in [2.24, 2.45) is 10.9 Å². The number of ketones is 1. The van der Waals surface area contributed by atoms with Gasteiger partial charge in [0, 0.05) is 12.5 Å². The minimum Gasteiger partial charge on any atom is -0.488 e. The van der Waals surface area contributed by atoms with Gasteiger partial charge in [0.25, 0.3) is 0 Å². The highest BCUT2D eigenvalue weighted by molar-refractivity contribution is 7.93. The minimum absolute atomic E-state index is 0.0574. The number of nitrogens with zero attached hydrogens (tertiary/aromatic N) is 1. The number of benzene rings is 2. The van der Waals surface area contributed by atoms with Crippen LogP contribution in [-0.2, 0) is 26.0 Å². The summed E-state index contributed by atoms with van der Waals surface area (Å²) in [5.41, 5.74) is 2.11. The van der Waals surface area contributed by atoms with E-state index in [9.17, 15) is 13.2 Å². The molecular formula is C23H23NO4S. The number of hydrogen-bond acceptors (Lipinski definition) is 5. The summed E-state index contributed by atoms with van der Waals surface area (Å²) in [5, 5.41) is 0. The highest BCUT2D eigenvalue weighted by Gasteiger charge is 2.55. The third-order valence-corrected chi connectivity index (χ3v) is 7.95. The van der Waals surface area contributed by atoms with Crippen molar-refractivity contribution >= 4 is 21.8 Å². The summed E-state index contributed by atoms with van der Waals surface area (Å²) in [7, 11) is -3.92. The van der Waals surface area contributed by atoms with Crippen LogP contribution >= 0.6 is 0 Å². The average Bonchev–Trinajstić information content (AvgIpc) is 3.35. The van der Waals surface area contributed by atoms with E-state index in [0.717, 1.165) is 11.1 Å². The van der Waals surface area contributed by atoms with Crippen molar-refractivity contribution in [1.29, 1.82) is 0 Å². The van der Waals surface area contributed by atoms with Crippen LogP contribution in [0.3, 0.4) is 0 Å². The van der Waals surface area contributed by atoms with E-state index in [4.69, 9.17) is 4.74 Å². The fraction of sp³-hybridized carbons (Fsp3) is 0.304. The molecule has 4 rings (SSSR count). The predicted molar refractivity (Wildman–Crippen MR) is 111 cm³/mol. The van der Waals surface area contributed by atoms with Crippen molar-refractivity contribution < 1.29 is 17.9 Å². The molecule has 0 spiro atoms. The zero-order chi connectivity index (χ0) is 20.5. The Bertz CT molecular complexity index is 1090. The Hall–Kier alpha value is -2.73. The van der Waals surface area contributed by atoms with Gasteiger partial charge in [0.1, 0.15) is 18.1 Å². The molecule has 2 atom stereocenters. The standard InChI is InChI=1S/C23H23NO4S/c1-17-8-5-6-9-18(17)16-28-19-14-23(24-15-19,21-12-7-13-22(21)25)29(26,27)20-10-3-2-4-11-20/h2-6,8-11,14-15,21H,7,12-13,16H2,1H3. The molecular weight excluding hydrogens is 386 g/mol. The molecule has 0 amide bonds. The molecule has 0 bridgehead atoms. The number of aliphatic imine (C=N–C) groups is 1. The number of hydrogen-bond donors (Lipinski definition) is 0. The number of rotatable bonds is 6. The van der Waals surface area contributed by atoms with Crippen molar-refractivity contribution in [3.05, 3.63) is 77.6 Å². The quantitative estimate of drug-likeness (QED) is 0.722. The molecule has 1 saturated carbocycles. The largest absolute Gasteiger partial charge is 0.488 e. The third-order valence-electron chi connectivity index (χ3n) is 5.69. The second-order valence-corrected chi connectivity index (χ2v) is 9.63. The summed E-state index contributed by atoms with van der Waals surface area (Å²) in [6.45, 7) is 2.31. The first-order valence-corrected chi connectivity index (χ1v) is 11.2. The van der Waals surface area contributed by atoms with Crippen LogP contribution < -0.4 is 0 Å². The molecule has 5 nitrogen and oxygen atoms in total. The number of Topliss-reactive ketones (excluding diaryl/α,β-unsaturated/α-hetero) is 1. The Morgan fingerprint density at radius 3 is 2.52 bits per heavy atom. The van der Waals surface area contributed by atoms with Crippen LogP contribution in [-0.4, -0.2) is 25.3 Å². The van der Waals surface area contributed by atoms with E-state index in [0.29, 0.717) is 31.6 Å². The summed E-state index contributed by atoms with van der Waals surface area (Å²) >= 11 is 0. The Morgan fingerprint density at radius 1 is 1.10 bits per heavy atom. The maximum absolute atomic E-state index is 13.6. The molecule has 0 N–H and O–H groups in total. The van der Waals surface area contributed by atoms with Crippen LogP contribution in [0.25, 0.3) is 0 Å². The van der Waals surface area contributed by atoms with E-state index < -0.39 is 20.6 Å². The van der Waals surface area contributed by atoms with Crippen molar-refractivity contribution in [3.63, 3.8) is 0 Å². The first-order valence-electron chi connectivity index (χ1n) is 9.72. The summed E-state index contributed by atoms with van der Waals surface area (Å²) in [5.74, 6) is -0.367. The molecule has 1 heterocycles. The maximum atomic E-state index is 13.6. The SMILES string of the molecule is Cc1ccccc1COC1=CC(C2CCCC2=O)(S(=O)(=O)c2ccccc2)N=C1. The molecule has 1 aliphatic carbocycles. The smallest absolute Gasteiger partial charge is 0.208 e. The van der Waals surface area contributed by atoms with Gasteiger partial charge in [-0.25, -0.2) is 8.42 Å². The molecule has 1 fully saturated rings. The Kier molecular flexibility index (Phi) is 5.13. The molecule has 0 saturated heterocycles. The van der Waals surface area contributed by atoms with E-state index in [1.807, 2.05) is 31.2 Å². The molecule has 2 aromatic carbocycles. The summed E-state index contributed by atoms with van der Waals surface area (Å²) in [4.78, 5) is 15.5. The van der Waals surface area contributed by atoms with Gasteiger partial charge in [-0.15, -0.1) is 0 Å². The number of aryl methyl sites for hydroxylation is 1. The van der Waals surface area contributed by atoms with Gasteiger partial charge >= 0.3 is 0 Å². The molecule has 0 radical (unpaired) electrons. The van der Waals surface area contributed by atoms with E-state index in [1.165, 1.54) is 12.3 Å². The highest BCUT2D eigenvalue weighted by Crippen LogP contribution is 2.44. The second-order valence-electron chi connectivity index (χ2n) is 7.50. The first-order chi connectivity index (χ1) is 13.9. The lowest BCUT2D eigenvalue weighted by Gasteiger charge is -2.29. The van der Waals surface area contributed by atoms with E-state index in [1.54, 1.807) is 30.3 Å². The Morgan fingerprint density at radius 2 is 1.83 bits per heavy atom. The van der Waals surface area contributed by atoms with Crippen molar-refractivity contribution in [2.45, 2.75) is 42.6 Å². The molecule has 150 valence electrons. The van der Waals surface area contributed by atoms with Gasteiger partial charge in [-0.2, -0.15) is 0 Å². The van der Waals surface area contributed by atoms with Gasteiger partial charge in [-0.3, -0.25) is 9.79 Å². The number of carbonyl (C=O) groups is 1. The highest BCUT2D eigenvalue weighted by atomic mass is 32.2. The molecule has 2 unspecified atom stereocenters. The monoisotopic (exact) mass is 409 g/mol. The molecule has 29 heavy (non-hydrogen) atoms.